The Morgan fingerprint density at radius 3 is 1.89 bits per heavy atom. The number of aliphatic carboxylic acids is 2. The third kappa shape index (κ3) is 17.4. The van der Waals surface area contributed by atoms with Gasteiger partial charge < -0.3 is 27.4 Å². The highest BCUT2D eigenvalue weighted by atomic mass is 16.4. The number of aldehydes is 1. The van der Waals surface area contributed by atoms with E-state index in [0.717, 1.165) is 18.3 Å². The van der Waals surface area contributed by atoms with Gasteiger partial charge in [0.25, 0.3) is 0 Å². The summed E-state index contributed by atoms with van der Waals surface area (Å²) in [6, 6.07) is 17.5. The van der Waals surface area contributed by atoms with E-state index in [1.54, 1.807) is 0 Å². The molecule has 0 aliphatic heterocycles. The highest BCUT2D eigenvalue weighted by Gasteiger charge is 2.09. The Bertz CT molecular complexity index is 838. The van der Waals surface area contributed by atoms with Crippen LogP contribution in [0.1, 0.15) is 75.1 Å². The van der Waals surface area contributed by atoms with Gasteiger partial charge in [0, 0.05) is 18.0 Å². The quantitative estimate of drug-likeness (QED) is 0.330. The minimum Gasteiger partial charge on any atom is -0.481 e. The zero-order valence-corrected chi connectivity index (χ0v) is 21.4. The molecule has 0 bridgehead atoms. The average molecular weight is 502 g/mol. The Morgan fingerprint density at radius 2 is 1.53 bits per heavy atom. The van der Waals surface area contributed by atoms with E-state index in [1.165, 1.54) is 37.7 Å². The number of benzene rings is 2. The van der Waals surface area contributed by atoms with Crippen molar-refractivity contribution < 1.29 is 24.6 Å². The van der Waals surface area contributed by atoms with Crippen LogP contribution in [0.4, 0.5) is 0 Å². The van der Waals surface area contributed by atoms with E-state index in [2.05, 4.69) is 12.1 Å². The SMILES string of the molecule is CCCC(=O)O.NC1CCCCC1.NCCC[C@H](N)C(=O)O.O=Cc1ccc(-c2ccccc2)cc1. The Balaban J connectivity index is 0.000000485. The molecule has 0 saturated heterocycles. The number of hydrogen-bond donors (Lipinski definition) is 5. The normalized spacial score (nSPS) is 13.3. The molecular formula is C28H43N3O5. The fourth-order valence-electron chi connectivity index (χ4n) is 3.19. The summed E-state index contributed by atoms with van der Waals surface area (Å²) in [6.07, 6.45) is 9.68. The molecule has 0 radical (unpaired) electrons. The van der Waals surface area contributed by atoms with Crippen LogP contribution in [-0.2, 0) is 9.59 Å². The first-order valence-electron chi connectivity index (χ1n) is 12.5. The molecule has 2 aromatic rings. The second-order valence-corrected chi connectivity index (χ2v) is 8.52. The molecule has 200 valence electrons. The number of rotatable bonds is 8. The van der Waals surface area contributed by atoms with Crippen molar-refractivity contribution in [2.75, 3.05) is 6.54 Å². The van der Waals surface area contributed by atoms with Crippen molar-refractivity contribution in [3.8, 4) is 11.1 Å². The monoisotopic (exact) mass is 501 g/mol. The number of carbonyl (C=O) groups excluding carboxylic acids is 1. The van der Waals surface area contributed by atoms with Crippen LogP contribution in [0.3, 0.4) is 0 Å². The lowest BCUT2D eigenvalue weighted by atomic mass is 9.97. The summed E-state index contributed by atoms with van der Waals surface area (Å²) >= 11 is 0. The lowest BCUT2D eigenvalue weighted by Gasteiger charge is -2.15. The topological polar surface area (TPSA) is 170 Å². The molecule has 2 aromatic carbocycles. The maximum absolute atomic E-state index is 10.5. The molecule has 0 spiro atoms. The van der Waals surface area contributed by atoms with Gasteiger partial charge in [-0.05, 0) is 49.8 Å². The van der Waals surface area contributed by atoms with Gasteiger partial charge >= 0.3 is 11.9 Å². The van der Waals surface area contributed by atoms with Crippen molar-refractivity contribution in [2.24, 2.45) is 17.2 Å². The summed E-state index contributed by atoms with van der Waals surface area (Å²) in [4.78, 5) is 30.1. The van der Waals surface area contributed by atoms with E-state index in [0.29, 0.717) is 37.4 Å². The first-order chi connectivity index (χ1) is 17.2. The highest BCUT2D eigenvalue weighted by Crippen LogP contribution is 2.18. The van der Waals surface area contributed by atoms with Crippen molar-refractivity contribution in [1.29, 1.82) is 0 Å². The van der Waals surface area contributed by atoms with Gasteiger partial charge in [-0.25, -0.2) is 0 Å². The third-order valence-electron chi connectivity index (χ3n) is 5.30. The second-order valence-electron chi connectivity index (χ2n) is 8.52. The molecule has 1 aliphatic carbocycles. The van der Waals surface area contributed by atoms with E-state index < -0.39 is 18.0 Å². The molecule has 1 aliphatic rings. The Labute approximate surface area is 214 Å². The average Bonchev–Trinajstić information content (AvgIpc) is 2.89. The van der Waals surface area contributed by atoms with Crippen LogP contribution in [0, 0.1) is 0 Å². The van der Waals surface area contributed by atoms with Crippen molar-refractivity contribution >= 4 is 18.2 Å². The molecule has 8 N–H and O–H groups in total. The number of carboxylic acid groups (broad SMARTS) is 2. The fraction of sp³-hybridized carbons (Fsp3) is 0.464. The van der Waals surface area contributed by atoms with E-state index in [9.17, 15) is 14.4 Å². The maximum atomic E-state index is 10.5. The molecule has 0 amide bonds. The summed E-state index contributed by atoms with van der Waals surface area (Å²) in [6.45, 7) is 2.34. The predicted molar refractivity (Wildman–Crippen MR) is 145 cm³/mol. The summed E-state index contributed by atoms with van der Waals surface area (Å²) in [5.41, 5.74) is 18.9. The van der Waals surface area contributed by atoms with Gasteiger partial charge in [-0.15, -0.1) is 0 Å². The van der Waals surface area contributed by atoms with Gasteiger partial charge in [0.05, 0.1) is 0 Å². The standard InChI is InChI=1S/C13H10O.C6H13N.C5H12N2O2.C4H8O2/c14-10-11-6-8-13(9-7-11)12-4-2-1-3-5-12;7-6-4-2-1-3-5-6;6-3-1-2-4(7)5(8)9;1-2-3-4(5)6/h1-10H;6H,1-5,7H2;4H,1-3,6-7H2,(H,8,9);2-3H2,1H3,(H,5,6)/t;;4-;/m..0./s1. The number of nitrogens with two attached hydrogens (primary N) is 3. The molecule has 0 unspecified atom stereocenters. The van der Waals surface area contributed by atoms with Crippen LogP contribution in [0.25, 0.3) is 11.1 Å². The van der Waals surface area contributed by atoms with Crippen LogP contribution in [-0.4, -0.2) is 47.1 Å². The molecule has 0 aromatic heterocycles. The molecule has 8 nitrogen and oxygen atoms in total. The van der Waals surface area contributed by atoms with E-state index >= 15 is 0 Å². The van der Waals surface area contributed by atoms with E-state index in [1.807, 2.05) is 49.4 Å². The molecular weight excluding hydrogens is 458 g/mol. The molecule has 36 heavy (non-hydrogen) atoms. The molecule has 3 rings (SSSR count). The molecule has 0 heterocycles. The van der Waals surface area contributed by atoms with Crippen LogP contribution in [0.2, 0.25) is 0 Å². The molecule has 1 atom stereocenters. The largest absolute Gasteiger partial charge is 0.481 e. The van der Waals surface area contributed by atoms with Crippen LogP contribution in [0.15, 0.2) is 54.6 Å². The molecule has 8 heteroatoms. The lowest BCUT2D eigenvalue weighted by Crippen LogP contribution is -2.30. The zero-order chi connectivity index (χ0) is 27.2. The third-order valence-corrected chi connectivity index (χ3v) is 5.30. The van der Waals surface area contributed by atoms with Gasteiger partial charge in [-0.1, -0.05) is 80.8 Å². The van der Waals surface area contributed by atoms with Crippen molar-refractivity contribution in [3.05, 3.63) is 60.2 Å². The summed E-state index contributed by atoms with van der Waals surface area (Å²) in [7, 11) is 0. The second kappa shape index (κ2) is 21.2. The van der Waals surface area contributed by atoms with Crippen LogP contribution < -0.4 is 17.2 Å². The summed E-state index contributed by atoms with van der Waals surface area (Å²) < 4.78 is 0. The minimum absolute atomic E-state index is 0.292. The summed E-state index contributed by atoms with van der Waals surface area (Å²) in [5, 5.41) is 16.2. The number of carbonyl (C=O) groups is 3. The smallest absolute Gasteiger partial charge is 0.320 e. The Kier molecular flexibility index (Phi) is 19.4. The predicted octanol–water partition coefficient (Wildman–Crippen LogP) is 4.45. The van der Waals surface area contributed by atoms with Crippen molar-refractivity contribution in [1.82, 2.24) is 0 Å². The molecule has 1 fully saturated rings. The highest BCUT2D eigenvalue weighted by molar-refractivity contribution is 5.76. The van der Waals surface area contributed by atoms with Gasteiger partial charge in [-0.3, -0.25) is 14.4 Å². The van der Waals surface area contributed by atoms with Gasteiger partial charge in [0.2, 0.25) is 0 Å². The van der Waals surface area contributed by atoms with E-state index in [-0.39, 0.29) is 0 Å². The maximum Gasteiger partial charge on any atom is 0.320 e. The van der Waals surface area contributed by atoms with Crippen LogP contribution in [0.5, 0.6) is 0 Å². The Morgan fingerprint density at radius 1 is 0.972 bits per heavy atom. The zero-order valence-electron chi connectivity index (χ0n) is 21.4. The number of carboxylic acids is 2. The van der Waals surface area contributed by atoms with Crippen molar-refractivity contribution in [3.63, 3.8) is 0 Å². The van der Waals surface area contributed by atoms with Gasteiger partial charge in [0.1, 0.15) is 12.3 Å². The summed E-state index contributed by atoms with van der Waals surface area (Å²) in [5.74, 6) is -1.67. The number of hydrogen-bond acceptors (Lipinski definition) is 6. The van der Waals surface area contributed by atoms with Gasteiger partial charge in [-0.2, -0.15) is 0 Å². The fourth-order valence-corrected chi connectivity index (χ4v) is 3.19. The first-order valence-corrected chi connectivity index (χ1v) is 12.5. The Hall–Kier alpha value is -3.07. The van der Waals surface area contributed by atoms with Crippen LogP contribution >= 0.6 is 0 Å². The first kappa shape index (κ1) is 32.9. The minimum atomic E-state index is -0.955. The molecule has 1 saturated carbocycles. The van der Waals surface area contributed by atoms with E-state index in [4.69, 9.17) is 27.4 Å². The lowest BCUT2D eigenvalue weighted by molar-refractivity contribution is -0.139. The van der Waals surface area contributed by atoms with Gasteiger partial charge in [0.15, 0.2) is 0 Å². The van der Waals surface area contributed by atoms with Crippen molar-refractivity contribution in [2.45, 2.75) is 76.8 Å².